The number of ether oxygens (including phenoxy) is 2. The van der Waals surface area contributed by atoms with Gasteiger partial charge < -0.3 is 23.4 Å². The molecular weight excluding hydrogens is 535 g/mol. The Bertz CT molecular complexity index is 1070. The maximum Gasteiger partial charge on any atom is 0.330 e. The van der Waals surface area contributed by atoms with E-state index in [0.29, 0.717) is 18.6 Å². The van der Waals surface area contributed by atoms with E-state index in [1.165, 1.54) is 10.8 Å². The minimum Gasteiger partial charge on any atom is -0.369 e. The lowest BCUT2D eigenvalue weighted by Gasteiger charge is -2.38. The molecule has 1 unspecified atom stereocenters. The monoisotopic (exact) mass is 582 g/mol. The molecule has 3 rings (SSSR count). The van der Waals surface area contributed by atoms with Gasteiger partial charge in [0, 0.05) is 56.6 Å². The van der Waals surface area contributed by atoms with Crippen LogP contribution in [0, 0.1) is 18.3 Å². The van der Waals surface area contributed by atoms with Crippen LogP contribution in [-0.2, 0) is 18.5 Å². The number of rotatable bonds is 14. The SMILES string of the molecule is CC[C@H]1O[C@@H](n2cc(C)c(=O)[nH]c2=O)[C@H](OCCN2CCN(C)CC2)[C@@H]1OP(OCCC#N)N(C(C)C)C(C)C. The van der Waals surface area contributed by atoms with Crippen molar-refractivity contribution in [3.63, 3.8) is 0 Å². The first kappa shape index (κ1) is 32.8. The maximum atomic E-state index is 12.9. The van der Waals surface area contributed by atoms with E-state index in [4.69, 9.17) is 23.8 Å². The number of H-pyrrole nitrogens is 1. The molecule has 12 nitrogen and oxygen atoms in total. The second-order valence-electron chi connectivity index (χ2n) is 11.0. The van der Waals surface area contributed by atoms with Gasteiger partial charge in [0.2, 0.25) is 0 Å². The molecule has 0 saturated carbocycles. The van der Waals surface area contributed by atoms with E-state index >= 15 is 0 Å². The molecule has 0 aromatic carbocycles. The Balaban J connectivity index is 1.91. The van der Waals surface area contributed by atoms with Gasteiger partial charge >= 0.3 is 5.69 Å². The van der Waals surface area contributed by atoms with Gasteiger partial charge in [-0.25, -0.2) is 9.46 Å². The van der Waals surface area contributed by atoms with Crippen LogP contribution in [0.1, 0.15) is 59.3 Å². The molecule has 0 bridgehead atoms. The van der Waals surface area contributed by atoms with Crippen LogP contribution in [0.15, 0.2) is 15.8 Å². The lowest BCUT2D eigenvalue weighted by atomic mass is 10.1. The zero-order chi connectivity index (χ0) is 29.4. The number of nitrogens with zero attached hydrogens (tertiary/aromatic N) is 5. The molecule has 2 aliphatic heterocycles. The highest BCUT2D eigenvalue weighted by atomic mass is 31.2. The lowest BCUT2D eigenvalue weighted by molar-refractivity contribution is -0.0742. The van der Waals surface area contributed by atoms with Gasteiger partial charge in [-0.2, -0.15) is 5.26 Å². The highest BCUT2D eigenvalue weighted by molar-refractivity contribution is 7.44. The number of hydrogen-bond acceptors (Lipinski definition) is 10. The summed E-state index contributed by atoms with van der Waals surface area (Å²) in [5.74, 6) is 0. The average Bonchev–Trinajstić information content (AvgIpc) is 3.23. The third kappa shape index (κ3) is 8.43. The van der Waals surface area contributed by atoms with E-state index in [2.05, 4.69) is 60.3 Å². The molecular formula is C27H47N6O6P. The van der Waals surface area contributed by atoms with E-state index in [9.17, 15) is 9.59 Å². The van der Waals surface area contributed by atoms with Crippen molar-refractivity contribution in [1.82, 2.24) is 24.0 Å². The normalized spacial score (nSPS) is 25.2. The summed E-state index contributed by atoms with van der Waals surface area (Å²) in [6, 6.07) is 2.40. The van der Waals surface area contributed by atoms with Gasteiger partial charge in [0.05, 0.1) is 31.8 Å². The first-order chi connectivity index (χ1) is 19.1. The summed E-state index contributed by atoms with van der Waals surface area (Å²) >= 11 is 0. The smallest absolute Gasteiger partial charge is 0.330 e. The largest absolute Gasteiger partial charge is 0.369 e. The van der Waals surface area contributed by atoms with Crippen molar-refractivity contribution in [2.45, 2.75) is 91.0 Å². The summed E-state index contributed by atoms with van der Waals surface area (Å²) in [5, 5.41) is 9.11. The lowest BCUT2D eigenvalue weighted by Crippen LogP contribution is -2.46. The molecule has 0 radical (unpaired) electrons. The summed E-state index contributed by atoms with van der Waals surface area (Å²) in [4.78, 5) is 32.1. The van der Waals surface area contributed by atoms with E-state index in [1.807, 2.05) is 6.92 Å². The summed E-state index contributed by atoms with van der Waals surface area (Å²) in [7, 11) is 0.562. The molecule has 0 amide bonds. The summed E-state index contributed by atoms with van der Waals surface area (Å²) in [6.07, 6.45) is 0.0989. The van der Waals surface area contributed by atoms with Crippen LogP contribution in [0.25, 0.3) is 0 Å². The quantitative estimate of drug-likeness (QED) is 0.258. The Labute approximate surface area is 239 Å². The molecule has 1 aromatic heterocycles. The van der Waals surface area contributed by atoms with Gasteiger partial charge in [-0.15, -0.1) is 0 Å². The molecule has 2 aliphatic rings. The Morgan fingerprint density at radius 2 is 1.82 bits per heavy atom. The molecule has 0 spiro atoms. The van der Waals surface area contributed by atoms with Gasteiger partial charge in [-0.1, -0.05) is 6.92 Å². The average molecular weight is 583 g/mol. The number of nitriles is 1. The molecule has 13 heteroatoms. The molecule has 1 N–H and O–H groups in total. The Morgan fingerprint density at radius 1 is 1.15 bits per heavy atom. The van der Waals surface area contributed by atoms with Gasteiger partial charge in [0.15, 0.2) is 6.23 Å². The summed E-state index contributed by atoms with van der Waals surface area (Å²) in [5.41, 5.74) is -0.572. The number of likely N-dealkylation sites (N-methyl/N-ethyl adjacent to an activating group) is 1. The predicted octanol–water partition coefficient (Wildman–Crippen LogP) is 2.45. The van der Waals surface area contributed by atoms with Gasteiger partial charge in [0.1, 0.15) is 12.2 Å². The standard InChI is InChI=1S/C27H47N6O6P/c1-8-22-23(39-40(37-16-9-10-28)33(19(2)3)20(4)5)24(36-17-15-31-13-11-30(7)12-14-31)26(38-22)32-18-21(6)25(34)29-27(32)35/h18-20,22-24,26H,8-9,11-17H2,1-7H3,(H,29,34,35)/t22-,23-,24-,26-,40?/m1/s1. The van der Waals surface area contributed by atoms with Crippen molar-refractivity contribution in [3.05, 3.63) is 32.6 Å². The zero-order valence-electron chi connectivity index (χ0n) is 25.0. The molecule has 2 saturated heterocycles. The van der Waals surface area contributed by atoms with Crippen LogP contribution in [-0.4, -0.2) is 107 Å². The van der Waals surface area contributed by atoms with E-state index in [1.54, 1.807) is 6.92 Å². The van der Waals surface area contributed by atoms with Crippen LogP contribution in [0.3, 0.4) is 0 Å². The minimum atomic E-state index is -1.56. The minimum absolute atomic E-state index is 0.132. The number of hydrogen-bond donors (Lipinski definition) is 1. The molecule has 226 valence electrons. The number of aromatic amines is 1. The molecule has 3 heterocycles. The van der Waals surface area contributed by atoms with E-state index in [0.717, 1.165) is 32.7 Å². The fraction of sp³-hybridized carbons (Fsp3) is 0.815. The van der Waals surface area contributed by atoms with Crippen LogP contribution in [0.4, 0.5) is 0 Å². The second-order valence-corrected chi connectivity index (χ2v) is 12.5. The molecule has 0 aliphatic carbocycles. The fourth-order valence-corrected chi connectivity index (χ4v) is 6.90. The number of piperazine rings is 1. The van der Waals surface area contributed by atoms with Crippen LogP contribution >= 0.6 is 8.53 Å². The molecule has 1 aromatic rings. The Hall–Kier alpha value is -1.68. The third-order valence-electron chi connectivity index (χ3n) is 7.30. The van der Waals surface area contributed by atoms with Crippen LogP contribution in [0.2, 0.25) is 0 Å². The highest BCUT2D eigenvalue weighted by Gasteiger charge is 2.49. The van der Waals surface area contributed by atoms with Crippen LogP contribution < -0.4 is 11.2 Å². The zero-order valence-corrected chi connectivity index (χ0v) is 25.9. The predicted molar refractivity (Wildman–Crippen MR) is 154 cm³/mol. The van der Waals surface area contributed by atoms with Crippen LogP contribution in [0.5, 0.6) is 0 Å². The number of nitrogens with one attached hydrogen (secondary N) is 1. The van der Waals surface area contributed by atoms with Crippen molar-refractivity contribution >= 4 is 8.53 Å². The van der Waals surface area contributed by atoms with Crippen molar-refractivity contribution < 1.29 is 18.5 Å². The van der Waals surface area contributed by atoms with Gasteiger partial charge in [0.25, 0.3) is 14.1 Å². The summed E-state index contributed by atoms with van der Waals surface area (Å²) in [6.45, 7) is 17.4. The molecule has 2 fully saturated rings. The number of aryl methyl sites for hydroxylation is 1. The molecule has 40 heavy (non-hydrogen) atoms. The fourth-order valence-electron chi connectivity index (χ4n) is 5.13. The first-order valence-corrected chi connectivity index (χ1v) is 15.4. The second kappa shape index (κ2) is 15.5. The Kier molecular flexibility index (Phi) is 12.7. The highest BCUT2D eigenvalue weighted by Crippen LogP contribution is 2.50. The van der Waals surface area contributed by atoms with Crippen molar-refractivity contribution in [2.24, 2.45) is 0 Å². The topological polar surface area (TPSA) is 125 Å². The van der Waals surface area contributed by atoms with Crippen molar-refractivity contribution in [3.8, 4) is 6.07 Å². The Morgan fingerprint density at radius 3 is 2.42 bits per heavy atom. The van der Waals surface area contributed by atoms with E-state index < -0.39 is 38.2 Å². The van der Waals surface area contributed by atoms with Crippen molar-refractivity contribution in [2.75, 3.05) is 53.0 Å². The number of aromatic nitrogens is 2. The maximum absolute atomic E-state index is 12.9. The van der Waals surface area contributed by atoms with Gasteiger partial charge in [-0.3, -0.25) is 19.2 Å². The van der Waals surface area contributed by atoms with Gasteiger partial charge in [-0.05, 0) is 48.1 Å². The van der Waals surface area contributed by atoms with E-state index in [-0.39, 0.29) is 31.2 Å². The third-order valence-corrected chi connectivity index (χ3v) is 9.42. The molecule has 5 atom stereocenters. The summed E-state index contributed by atoms with van der Waals surface area (Å²) < 4.78 is 29.5. The first-order valence-electron chi connectivity index (χ1n) is 14.3. The van der Waals surface area contributed by atoms with Crippen molar-refractivity contribution in [1.29, 1.82) is 5.26 Å².